The highest BCUT2D eigenvalue weighted by atomic mass is 16.5. The summed E-state index contributed by atoms with van der Waals surface area (Å²) in [5, 5.41) is 11.8. The predicted molar refractivity (Wildman–Crippen MR) is 117 cm³/mol. The van der Waals surface area contributed by atoms with Crippen molar-refractivity contribution in [1.29, 1.82) is 0 Å². The molecule has 1 aromatic heterocycles. The van der Waals surface area contributed by atoms with Crippen molar-refractivity contribution in [2.45, 2.75) is 45.7 Å². The molecule has 3 aromatic rings. The van der Waals surface area contributed by atoms with Crippen LogP contribution in [0.4, 0.5) is 16.4 Å². The molecular weight excluding hydrogens is 378 g/mol. The van der Waals surface area contributed by atoms with Crippen LogP contribution < -0.4 is 15.0 Å². The zero-order valence-electron chi connectivity index (χ0n) is 17.5. The third-order valence-electron chi connectivity index (χ3n) is 5.35. The van der Waals surface area contributed by atoms with Gasteiger partial charge in [0.05, 0.1) is 13.7 Å². The normalized spacial score (nSPS) is 13.3. The number of amides is 2. The molecule has 7 heteroatoms. The van der Waals surface area contributed by atoms with Crippen LogP contribution in [0.3, 0.4) is 0 Å². The molecule has 30 heavy (non-hydrogen) atoms. The largest absolute Gasteiger partial charge is 0.497 e. The van der Waals surface area contributed by atoms with E-state index in [2.05, 4.69) is 20.1 Å². The van der Waals surface area contributed by atoms with Crippen molar-refractivity contribution in [2.24, 2.45) is 0 Å². The Balaban J connectivity index is 1.66. The molecule has 1 N–H and O–H groups in total. The van der Waals surface area contributed by atoms with E-state index < -0.39 is 0 Å². The molecule has 0 radical (unpaired) electrons. The number of nitrogens with one attached hydrogen (secondary N) is 1. The Morgan fingerprint density at radius 2 is 1.97 bits per heavy atom. The second-order valence-electron chi connectivity index (χ2n) is 7.61. The Bertz CT molecular complexity index is 1010. The molecule has 2 heterocycles. The van der Waals surface area contributed by atoms with E-state index in [9.17, 15) is 4.79 Å². The summed E-state index contributed by atoms with van der Waals surface area (Å²) >= 11 is 0. The molecule has 0 fully saturated rings. The molecule has 0 saturated carbocycles. The first kappa shape index (κ1) is 19.9. The van der Waals surface area contributed by atoms with E-state index in [0.29, 0.717) is 12.5 Å². The maximum absolute atomic E-state index is 13.3. The number of ether oxygens (including phenoxy) is 1. The van der Waals surface area contributed by atoms with Gasteiger partial charge in [-0.2, -0.15) is 0 Å². The maximum atomic E-state index is 13.3. The summed E-state index contributed by atoms with van der Waals surface area (Å²) in [7, 11) is 1.64. The fraction of sp³-hybridized carbons (Fsp3) is 0.348. The Hall–Kier alpha value is -3.35. The number of benzene rings is 2. The third-order valence-corrected chi connectivity index (χ3v) is 5.35. The Morgan fingerprint density at radius 3 is 2.77 bits per heavy atom. The highest BCUT2D eigenvalue weighted by Crippen LogP contribution is 2.24. The maximum Gasteiger partial charge on any atom is 0.329 e. The number of urea groups is 1. The van der Waals surface area contributed by atoms with E-state index in [1.54, 1.807) is 12.0 Å². The molecule has 7 nitrogen and oxygen atoms in total. The number of hydrogen-bond donors (Lipinski definition) is 1. The molecule has 0 saturated heterocycles. The molecule has 0 spiro atoms. The number of rotatable bonds is 5. The SMILES string of the molecule is COc1cccc(CN(C(=O)Nc2ccc(C)cc2)c2nnc3n2CCCCC3)c1. The number of carbonyl (C=O) groups is 1. The van der Waals surface area contributed by atoms with Crippen LogP contribution in [0, 0.1) is 6.92 Å². The minimum absolute atomic E-state index is 0.235. The van der Waals surface area contributed by atoms with Crippen molar-refractivity contribution >= 4 is 17.7 Å². The van der Waals surface area contributed by atoms with E-state index in [0.717, 1.165) is 60.6 Å². The number of aryl methyl sites for hydroxylation is 2. The van der Waals surface area contributed by atoms with Crippen LogP contribution in [0.2, 0.25) is 0 Å². The van der Waals surface area contributed by atoms with Gasteiger partial charge in [-0.3, -0.25) is 9.47 Å². The minimum atomic E-state index is -0.235. The number of fused-ring (bicyclic) bond motifs is 1. The van der Waals surface area contributed by atoms with Gasteiger partial charge in [-0.05, 0) is 49.6 Å². The average Bonchev–Trinajstić information content (AvgIpc) is 3.01. The minimum Gasteiger partial charge on any atom is -0.497 e. The fourth-order valence-electron chi connectivity index (χ4n) is 3.68. The van der Waals surface area contributed by atoms with Crippen molar-refractivity contribution < 1.29 is 9.53 Å². The number of methoxy groups -OCH3 is 1. The number of hydrogen-bond acceptors (Lipinski definition) is 4. The quantitative estimate of drug-likeness (QED) is 0.675. The van der Waals surface area contributed by atoms with Gasteiger partial charge >= 0.3 is 6.03 Å². The van der Waals surface area contributed by atoms with Gasteiger partial charge in [0.25, 0.3) is 0 Å². The number of aromatic nitrogens is 3. The van der Waals surface area contributed by atoms with Gasteiger partial charge in [0.2, 0.25) is 5.95 Å². The van der Waals surface area contributed by atoms with Crippen molar-refractivity contribution in [3.8, 4) is 5.75 Å². The second kappa shape index (κ2) is 8.98. The highest BCUT2D eigenvalue weighted by molar-refractivity contribution is 6.00. The van der Waals surface area contributed by atoms with Crippen LogP contribution in [0.25, 0.3) is 0 Å². The van der Waals surface area contributed by atoms with Gasteiger partial charge in [0.15, 0.2) is 0 Å². The zero-order chi connectivity index (χ0) is 20.9. The third kappa shape index (κ3) is 4.45. The molecule has 156 valence electrons. The lowest BCUT2D eigenvalue weighted by Gasteiger charge is -2.23. The molecule has 0 aliphatic carbocycles. The fourth-order valence-corrected chi connectivity index (χ4v) is 3.68. The second-order valence-corrected chi connectivity index (χ2v) is 7.61. The summed E-state index contributed by atoms with van der Waals surface area (Å²) in [6.07, 6.45) is 4.21. The van der Waals surface area contributed by atoms with Gasteiger partial charge in [-0.25, -0.2) is 4.79 Å². The van der Waals surface area contributed by atoms with E-state index >= 15 is 0 Å². The van der Waals surface area contributed by atoms with Crippen molar-refractivity contribution in [3.05, 3.63) is 65.5 Å². The molecule has 2 aromatic carbocycles. The van der Waals surface area contributed by atoms with Crippen molar-refractivity contribution in [1.82, 2.24) is 14.8 Å². The smallest absolute Gasteiger partial charge is 0.329 e. The van der Waals surface area contributed by atoms with Gasteiger partial charge in [-0.15, -0.1) is 10.2 Å². The molecule has 0 bridgehead atoms. The Morgan fingerprint density at radius 1 is 1.13 bits per heavy atom. The standard InChI is InChI=1S/C23H27N5O2/c1-17-10-12-19(13-11-17)24-23(29)28(16-18-7-6-8-20(15-18)30-2)22-26-25-21-9-4-3-5-14-27(21)22/h6-8,10-13,15H,3-5,9,14,16H2,1-2H3,(H,24,29). The van der Waals surface area contributed by atoms with E-state index in [1.807, 2.05) is 55.5 Å². The molecule has 2 amide bonds. The van der Waals surface area contributed by atoms with Gasteiger partial charge in [0, 0.05) is 18.7 Å². The summed E-state index contributed by atoms with van der Waals surface area (Å²) in [5.41, 5.74) is 2.85. The Kier molecular flexibility index (Phi) is 5.97. The first-order valence-corrected chi connectivity index (χ1v) is 10.3. The van der Waals surface area contributed by atoms with Gasteiger partial charge in [0.1, 0.15) is 11.6 Å². The van der Waals surface area contributed by atoms with Crippen molar-refractivity contribution in [3.63, 3.8) is 0 Å². The molecule has 0 atom stereocenters. The molecular formula is C23H27N5O2. The number of carbonyl (C=O) groups excluding carboxylic acids is 1. The zero-order valence-corrected chi connectivity index (χ0v) is 17.5. The number of anilines is 2. The van der Waals surface area contributed by atoms with E-state index in [-0.39, 0.29) is 6.03 Å². The number of nitrogens with zero attached hydrogens (tertiary/aromatic N) is 4. The van der Waals surface area contributed by atoms with Crippen molar-refractivity contribution in [2.75, 3.05) is 17.3 Å². The molecule has 4 rings (SSSR count). The van der Waals surface area contributed by atoms with Gasteiger partial charge < -0.3 is 10.1 Å². The lowest BCUT2D eigenvalue weighted by atomic mass is 10.2. The summed E-state index contributed by atoms with van der Waals surface area (Å²) in [4.78, 5) is 15.0. The summed E-state index contributed by atoms with van der Waals surface area (Å²) in [5.74, 6) is 2.28. The predicted octanol–water partition coefficient (Wildman–Crippen LogP) is 4.56. The molecule has 1 aliphatic rings. The van der Waals surface area contributed by atoms with Crippen LogP contribution in [-0.2, 0) is 19.5 Å². The first-order valence-electron chi connectivity index (χ1n) is 10.3. The van der Waals surface area contributed by atoms with Crippen LogP contribution >= 0.6 is 0 Å². The monoisotopic (exact) mass is 405 g/mol. The summed E-state index contributed by atoms with van der Waals surface area (Å²) < 4.78 is 7.43. The highest BCUT2D eigenvalue weighted by Gasteiger charge is 2.25. The molecule has 0 unspecified atom stereocenters. The van der Waals surface area contributed by atoms with Crippen LogP contribution in [0.15, 0.2) is 48.5 Å². The average molecular weight is 406 g/mol. The molecule has 1 aliphatic heterocycles. The summed E-state index contributed by atoms with van der Waals surface area (Å²) in [6.45, 7) is 3.21. The summed E-state index contributed by atoms with van der Waals surface area (Å²) in [6, 6.07) is 15.3. The van der Waals surface area contributed by atoms with Crippen LogP contribution in [0.1, 0.15) is 36.2 Å². The van der Waals surface area contributed by atoms with Gasteiger partial charge in [-0.1, -0.05) is 36.2 Å². The Labute approximate surface area is 176 Å². The lowest BCUT2D eigenvalue weighted by Crippen LogP contribution is -2.36. The topological polar surface area (TPSA) is 72.3 Å². The van der Waals surface area contributed by atoms with Crippen LogP contribution in [-0.4, -0.2) is 27.9 Å². The van der Waals surface area contributed by atoms with E-state index in [1.165, 1.54) is 0 Å². The lowest BCUT2D eigenvalue weighted by molar-refractivity contribution is 0.256. The van der Waals surface area contributed by atoms with E-state index in [4.69, 9.17) is 4.74 Å². The first-order chi connectivity index (χ1) is 14.6. The van der Waals surface area contributed by atoms with Crippen LogP contribution in [0.5, 0.6) is 5.75 Å².